The first-order valence-corrected chi connectivity index (χ1v) is 16.1. The van der Waals surface area contributed by atoms with Crippen LogP contribution in [0.5, 0.6) is 5.75 Å². The minimum atomic E-state index is -4.34. The number of sulfonamides is 1. The zero-order valence-corrected chi connectivity index (χ0v) is 26.9. The SMILES string of the molecule is COc1cc(C(=O)NCCC(=O)ON(C(C)(C)C)S(=O)(=O)c2ccc(C(=O)O)cc2)ccc1N1CCC(Nc2ncccn2)CC1. The fraction of sp³-hybridized carbons (Fsp3) is 0.387. The van der Waals surface area contributed by atoms with E-state index >= 15 is 0 Å². The Morgan fingerprint density at radius 3 is 2.24 bits per heavy atom. The van der Waals surface area contributed by atoms with Crippen LogP contribution in [0, 0.1) is 0 Å². The number of aromatic nitrogens is 2. The van der Waals surface area contributed by atoms with Gasteiger partial charge in [-0.1, -0.05) is 0 Å². The summed E-state index contributed by atoms with van der Waals surface area (Å²) >= 11 is 0. The number of carboxylic acid groups (broad SMARTS) is 1. The number of carbonyl (C=O) groups is 3. The number of benzene rings is 2. The smallest absolute Gasteiger partial charge is 0.335 e. The molecule has 0 spiro atoms. The minimum Gasteiger partial charge on any atom is -0.495 e. The van der Waals surface area contributed by atoms with Gasteiger partial charge in [-0.05, 0) is 86.6 Å². The molecule has 1 saturated heterocycles. The largest absolute Gasteiger partial charge is 0.495 e. The number of nitrogens with zero attached hydrogens (tertiary/aromatic N) is 4. The van der Waals surface area contributed by atoms with Gasteiger partial charge in [0.25, 0.3) is 15.9 Å². The van der Waals surface area contributed by atoms with Crippen molar-refractivity contribution in [2.45, 2.75) is 56.5 Å². The average molecular weight is 655 g/mol. The zero-order chi connectivity index (χ0) is 33.5. The van der Waals surface area contributed by atoms with E-state index in [0.717, 1.165) is 55.9 Å². The van der Waals surface area contributed by atoms with Crippen molar-refractivity contribution in [3.63, 3.8) is 0 Å². The number of ether oxygens (including phenoxy) is 1. The summed E-state index contributed by atoms with van der Waals surface area (Å²) in [7, 11) is -2.80. The van der Waals surface area contributed by atoms with E-state index in [0.29, 0.717) is 21.7 Å². The van der Waals surface area contributed by atoms with Gasteiger partial charge < -0.3 is 30.2 Å². The number of methoxy groups -OCH3 is 1. The standard InChI is InChI=1S/C31H38N6O8S/c1-31(2,3)37(46(42,43)24-9-6-21(7-10-24)29(40)41)45-27(38)12-17-32-28(39)22-8-11-25(26(20-22)44-4)36-18-13-23(14-19-36)35-30-33-15-5-16-34-30/h5-11,15-16,20,23H,12-14,17-19H2,1-4H3,(H,32,39)(H,40,41)(H,33,34,35). The molecular weight excluding hydrogens is 616 g/mol. The van der Waals surface area contributed by atoms with Gasteiger partial charge in [0.15, 0.2) is 0 Å². The van der Waals surface area contributed by atoms with Crippen molar-refractivity contribution in [2.24, 2.45) is 0 Å². The molecule has 1 amide bonds. The first-order chi connectivity index (χ1) is 21.8. The summed E-state index contributed by atoms with van der Waals surface area (Å²) in [4.78, 5) is 52.4. The summed E-state index contributed by atoms with van der Waals surface area (Å²) in [5.74, 6) is -1.40. The van der Waals surface area contributed by atoms with Crippen molar-refractivity contribution in [1.82, 2.24) is 19.8 Å². The maximum Gasteiger partial charge on any atom is 0.335 e. The van der Waals surface area contributed by atoms with Crippen molar-refractivity contribution in [3.05, 3.63) is 72.1 Å². The maximum atomic E-state index is 13.3. The average Bonchev–Trinajstić information content (AvgIpc) is 3.03. The van der Waals surface area contributed by atoms with Crippen LogP contribution in [0.15, 0.2) is 65.8 Å². The Morgan fingerprint density at radius 2 is 1.65 bits per heavy atom. The number of amides is 1. The number of hydrogen-bond donors (Lipinski definition) is 3. The lowest BCUT2D eigenvalue weighted by molar-refractivity contribution is -0.182. The molecule has 2 aromatic carbocycles. The molecule has 246 valence electrons. The molecule has 0 saturated carbocycles. The third-order valence-electron chi connectivity index (χ3n) is 7.14. The molecular formula is C31H38N6O8S. The first-order valence-electron chi connectivity index (χ1n) is 14.6. The summed E-state index contributed by atoms with van der Waals surface area (Å²) in [5.41, 5.74) is -0.0636. The Labute approximate surface area is 267 Å². The van der Waals surface area contributed by atoms with Crippen molar-refractivity contribution in [3.8, 4) is 5.75 Å². The third-order valence-corrected chi connectivity index (χ3v) is 9.07. The molecule has 0 radical (unpaired) electrons. The van der Waals surface area contributed by atoms with E-state index in [4.69, 9.17) is 14.7 Å². The fourth-order valence-electron chi connectivity index (χ4n) is 4.83. The van der Waals surface area contributed by atoms with E-state index in [2.05, 4.69) is 25.5 Å². The van der Waals surface area contributed by atoms with Crippen molar-refractivity contribution >= 4 is 39.5 Å². The van der Waals surface area contributed by atoms with E-state index in [1.807, 2.05) is 6.07 Å². The molecule has 0 bridgehead atoms. The highest BCUT2D eigenvalue weighted by molar-refractivity contribution is 7.89. The van der Waals surface area contributed by atoms with Gasteiger partial charge in [0.1, 0.15) is 5.75 Å². The number of hydrogen-bond acceptors (Lipinski definition) is 11. The topological polar surface area (TPSA) is 180 Å². The Morgan fingerprint density at radius 1 is 1.02 bits per heavy atom. The molecule has 1 fully saturated rings. The van der Waals surface area contributed by atoms with Crippen LogP contribution < -0.4 is 20.3 Å². The van der Waals surface area contributed by atoms with E-state index in [9.17, 15) is 22.8 Å². The normalized spacial score (nSPS) is 14.1. The summed E-state index contributed by atoms with van der Waals surface area (Å²) in [6, 6.07) is 11.7. The second-order valence-corrected chi connectivity index (χ2v) is 13.3. The number of hydroxylamine groups is 1. The highest BCUT2D eigenvalue weighted by Crippen LogP contribution is 2.32. The molecule has 1 aromatic heterocycles. The molecule has 46 heavy (non-hydrogen) atoms. The molecule has 1 aliphatic rings. The van der Waals surface area contributed by atoms with Gasteiger partial charge in [0, 0.05) is 43.6 Å². The molecule has 1 aliphatic heterocycles. The Kier molecular flexibility index (Phi) is 10.8. The fourth-order valence-corrected chi connectivity index (χ4v) is 6.40. The van der Waals surface area contributed by atoms with Crippen LogP contribution in [-0.2, 0) is 19.7 Å². The number of piperidine rings is 1. The summed E-state index contributed by atoms with van der Waals surface area (Å²) < 4.78 is 32.7. The van der Waals surface area contributed by atoms with Crippen LogP contribution in [0.3, 0.4) is 0 Å². The number of aromatic carboxylic acids is 1. The molecule has 15 heteroatoms. The maximum absolute atomic E-state index is 13.3. The van der Waals surface area contributed by atoms with Crippen LogP contribution in [0.25, 0.3) is 0 Å². The highest BCUT2D eigenvalue weighted by Gasteiger charge is 2.38. The summed E-state index contributed by atoms with van der Waals surface area (Å²) in [6.45, 7) is 6.05. The molecule has 0 aliphatic carbocycles. The van der Waals surface area contributed by atoms with Crippen LogP contribution >= 0.6 is 0 Å². The van der Waals surface area contributed by atoms with Gasteiger partial charge in [-0.3, -0.25) is 9.59 Å². The number of carboxylic acids is 1. The third kappa shape index (κ3) is 8.48. The minimum absolute atomic E-state index is 0.0890. The van der Waals surface area contributed by atoms with Gasteiger partial charge >= 0.3 is 11.9 Å². The van der Waals surface area contributed by atoms with Crippen molar-refractivity contribution in [1.29, 1.82) is 0 Å². The lowest BCUT2D eigenvalue weighted by atomic mass is 10.0. The van der Waals surface area contributed by atoms with Crippen LogP contribution in [0.2, 0.25) is 0 Å². The molecule has 14 nitrogen and oxygen atoms in total. The zero-order valence-electron chi connectivity index (χ0n) is 26.1. The van der Waals surface area contributed by atoms with Crippen molar-refractivity contribution in [2.75, 3.05) is 37.0 Å². The first kappa shape index (κ1) is 34.1. The summed E-state index contributed by atoms with van der Waals surface area (Å²) in [6.07, 6.45) is 4.81. The van der Waals surface area contributed by atoms with Gasteiger partial charge in [0.05, 0.1) is 35.2 Å². The lowest BCUT2D eigenvalue weighted by Crippen LogP contribution is -2.47. The predicted molar refractivity (Wildman–Crippen MR) is 169 cm³/mol. The predicted octanol–water partition coefficient (Wildman–Crippen LogP) is 3.33. The summed E-state index contributed by atoms with van der Waals surface area (Å²) in [5, 5.41) is 15.1. The second kappa shape index (κ2) is 14.6. The second-order valence-electron chi connectivity index (χ2n) is 11.6. The van der Waals surface area contributed by atoms with Gasteiger partial charge in [-0.2, -0.15) is 0 Å². The van der Waals surface area contributed by atoms with Crippen LogP contribution in [0.1, 0.15) is 60.7 Å². The molecule has 3 N–H and O–H groups in total. The quantitative estimate of drug-likeness (QED) is 0.243. The highest BCUT2D eigenvalue weighted by atomic mass is 32.2. The lowest BCUT2D eigenvalue weighted by Gasteiger charge is -2.34. The number of nitrogens with one attached hydrogen (secondary N) is 2. The van der Waals surface area contributed by atoms with Gasteiger partial charge in [-0.15, -0.1) is 0 Å². The molecule has 0 unspecified atom stereocenters. The van der Waals surface area contributed by atoms with E-state index in [1.54, 1.807) is 51.4 Å². The van der Waals surface area contributed by atoms with E-state index < -0.39 is 33.4 Å². The van der Waals surface area contributed by atoms with E-state index in [1.165, 1.54) is 7.11 Å². The monoisotopic (exact) mass is 654 g/mol. The Balaban J connectivity index is 1.32. The van der Waals surface area contributed by atoms with Crippen LogP contribution in [-0.4, -0.2) is 84.1 Å². The number of anilines is 2. The van der Waals surface area contributed by atoms with Gasteiger partial charge in [0.2, 0.25) is 5.95 Å². The Bertz CT molecular complexity index is 1640. The molecule has 2 heterocycles. The molecule has 0 atom stereocenters. The number of carbonyl (C=O) groups excluding carboxylic acids is 2. The molecule has 3 aromatic rings. The Hall–Kier alpha value is -4.76. The van der Waals surface area contributed by atoms with Gasteiger partial charge in [-0.25, -0.2) is 23.2 Å². The number of rotatable bonds is 12. The van der Waals surface area contributed by atoms with E-state index in [-0.39, 0.29) is 29.5 Å². The van der Waals surface area contributed by atoms with Crippen molar-refractivity contribution < 1.29 is 37.5 Å². The molecule has 4 rings (SSSR count). The van der Waals surface area contributed by atoms with Crippen LogP contribution in [0.4, 0.5) is 11.6 Å².